The monoisotopic (exact) mass is 314 g/mol. The fraction of sp³-hybridized carbons (Fsp3) is 0.250. The van der Waals surface area contributed by atoms with Crippen molar-refractivity contribution in [3.8, 4) is 0 Å². The Morgan fingerprint density at radius 3 is 2.95 bits per heavy atom. The average Bonchev–Trinajstić information content (AvgIpc) is 2.89. The summed E-state index contributed by atoms with van der Waals surface area (Å²) in [6.45, 7) is 2.89. The minimum atomic E-state index is -0.485. The smallest absolute Gasteiger partial charge is 0.282 e. The number of rotatable bonds is 5. The molecule has 5 nitrogen and oxygen atoms in total. The van der Waals surface area contributed by atoms with Gasteiger partial charge in [0.05, 0.1) is 5.02 Å². The molecular formula is C12H12ClFN4OS. The van der Waals surface area contributed by atoms with Crippen molar-refractivity contribution >= 4 is 34.0 Å². The Morgan fingerprint density at radius 2 is 2.25 bits per heavy atom. The second kappa shape index (κ2) is 6.62. The van der Waals surface area contributed by atoms with Crippen LogP contribution in [0, 0.1) is 5.82 Å². The summed E-state index contributed by atoms with van der Waals surface area (Å²) in [6.07, 6.45) is 0. The van der Waals surface area contributed by atoms with Gasteiger partial charge in [0.1, 0.15) is 5.82 Å². The van der Waals surface area contributed by atoms with Crippen LogP contribution in [0.3, 0.4) is 0 Å². The largest absolute Gasteiger partial charge is 0.360 e. The van der Waals surface area contributed by atoms with Gasteiger partial charge < -0.3 is 10.6 Å². The third kappa shape index (κ3) is 3.64. The van der Waals surface area contributed by atoms with Crippen LogP contribution >= 0.6 is 22.9 Å². The van der Waals surface area contributed by atoms with Crippen LogP contribution in [-0.2, 0) is 6.54 Å². The number of nitrogens with one attached hydrogen (secondary N) is 2. The molecule has 2 rings (SSSR count). The number of halogens is 2. The fourth-order valence-electron chi connectivity index (χ4n) is 1.45. The molecule has 0 aliphatic carbocycles. The molecule has 0 saturated carbocycles. The van der Waals surface area contributed by atoms with E-state index in [9.17, 15) is 9.18 Å². The molecule has 1 aromatic carbocycles. The van der Waals surface area contributed by atoms with Crippen molar-refractivity contribution in [3.05, 3.63) is 39.6 Å². The summed E-state index contributed by atoms with van der Waals surface area (Å²) in [5, 5.41) is 14.2. The second-order valence-corrected chi connectivity index (χ2v) is 5.26. The maximum atomic E-state index is 13.0. The molecule has 1 aromatic heterocycles. The summed E-state index contributed by atoms with van der Waals surface area (Å²) in [7, 11) is 0. The number of amides is 1. The summed E-state index contributed by atoms with van der Waals surface area (Å²) in [5.74, 6) is -0.812. The van der Waals surface area contributed by atoms with Gasteiger partial charge in [-0.1, -0.05) is 29.0 Å². The molecule has 20 heavy (non-hydrogen) atoms. The highest BCUT2D eigenvalue weighted by Gasteiger charge is 2.12. The van der Waals surface area contributed by atoms with Gasteiger partial charge in [-0.2, -0.15) is 0 Å². The number of hydrogen-bond acceptors (Lipinski definition) is 5. The van der Waals surface area contributed by atoms with Crippen molar-refractivity contribution in [2.24, 2.45) is 0 Å². The van der Waals surface area contributed by atoms with Crippen LogP contribution in [0.25, 0.3) is 0 Å². The van der Waals surface area contributed by atoms with E-state index in [0.717, 1.165) is 0 Å². The van der Waals surface area contributed by atoms with E-state index in [1.165, 1.54) is 23.5 Å². The second-order valence-electron chi connectivity index (χ2n) is 3.87. The zero-order valence-electron chi connectivity index (χ0n) is 10.6. The SMILES string of the molecule is CCNc1nnc(C(=O)NCc2ccc(F)c(Cl)c2)s1. The van der Waals surface area contributed by atoms with Crippen LogP contribution in [0.4, 0.5) is 9.52 Å². The molecule has 0 atom stereocenters. The first-order valence-electron chi connectivity index (χ1n) is 5.89. The average molecular weight is 315 g/mol. The lowest BCUT2D eigenvalue weighted by molar-refractivity contribution is 0.0950. The molecule has 0 bridgehead atoms. The van der Waals surface area contributed by atoms with E-state index < -0.39 is 5.82 Å². The summed E-state index contributed by atoms with van der Waals surface area (Å²) in [5.41, 5.74) is 0.709. The predicted molar refractivity (Wildman–Crippen MR) is 76.7 cm³/mol. The van der Waals surface area contributed by atoms with Crippen LogP contribution in [0.5, 0.6) is 0 Å². The Morgan fingerprint density at radius 1 is 1.45 bits per heavy atom. The Bertz CT molecular complexity index is 619. The first kappa shape index (κ1) is 14.7. The molecule has 106 valence electrons. The Balaban J connectivity index is 1.95. The molecule has 0 fully saturated rings. The first-order valence-corrected chi connectivity index (χ1v) is 7.09. The minimum Gasteiger partial charge on any atom is -0.360 e. The highest BCUT2D eigenvalue weighted by Crippen LogP contribution is 2.17. The van der Waals surface area contributed by atoms with Gasteiger partial charge in [0.15, 0.2) is 0 Å². The first-order chi connectivity index (χ1) is 9.60. The van der Waals surface area contributed by atoms with Crippen molar-refractivity contribution in [2.75, 3.05) is 11.9 Å². The molecule has 0 radical (unpaired) electrons. The lowest BCUT2D eigenvalue weighted by Gasteiger charge is -2.04. The van der Waals surface area contributed by atoms with Crippen LogP contribution in [0.1, 0.15) is 22.3 Å². The predicted octanol–water partition coefficient (Wildman–Crippen LogP) is 2.69. The highest BCUT2D eigenvalue weighted by molar-refractivity contribution is 7.17. The Kier molecular flexibility index (Phi) is 4.86. The lowest BCUT2D eigenvalue weighted by Crippen LogP contribution is -2.22. The van der Waals surface area contributed by atoms with E-state index in [0.29, 0.717) is 17.2 Å². The quantitative estimate of drug-likeness (QED) is 0.890. The number of benzene rings is 1. The summed E-state index contributed by atoms with van der Waals surface area (Å²) < 4.78 is 13.0. The van der Waals surface area contributed by atoms with Gasteiger partial charge in [-0.3, -0.25) is 4.79 Å². The van der Waals surface area contributed by atoms with E-state index in [-0.39, 0.29) is 22.5 Å². The third-order valence-electron chi connectivity index (χ3n) is 2.38. The van der Waals surface area contributed by atoms with Gasteiger partial charge in [0, 0.05) is 13.1 Å². The maximum absolute atomic E-state index is 13.0. The molecule has 0 saturated heterocycles. The molecule has 1 heterocycles. The summed E-state index contributed by atoms with van der Waals surface area (Å²) in [4.78, 5) is 11.8. The normalized spacial score (nSPS) is 10.3. The molecule has 0 unspecified atom stereocenters. The van der Waals surface area contributed by atoms with Crippen LogP contribution in [0.15, 0.2) is 18.2 Å². The van der Waals surface area contributed by atoms with Crippen molar-refractivity contribution in [2.45, 2.75) is 13.5 Å². The zero-order valence-corrected chi connectivity index (χ0v) is 12.2. The molecule has 1 amide bonds. The van der Waals surface area contributed by atoms with Crippen LogP contribution in [0.2, 0.25) is 5.02 Å². The van der Waals surface area contributed by atoms with Crippen molar-refractivity contribution < 1.29 is 9.18 Å². The molecule has 2 aromatic rings. The van der Waals surface area contributed by atoms with Gasteiger partial charge in [-0.25, -0.2) is 4.39 Å². The van der Waals surface area contributed by atoms with Crippen LogP contribution < -0.4 is 10.6 Å². The van der Waals surface area contributed by atoms with Gasteiger partial charge in [-0.05, 0) is 24.6 Å². The van der Waals surface area contributed by atoms with Crippen LogP contribution in [-0.4, -0.2) is 22.6 Å². The van der Waals surface area contributed by atoms with Crippen molar-refractivity contribution in [3.63, 3.8) is 0 Å². The van der Waals surface area contributed by atoms with E-state index >= 15 is 0 Å². The number of aromatic nitrogens is 2. The molecular weight excluding hydrogens is 303 g/mol. The van der Waals surface area contributed by atoms with Gasteiger partial charge >= 0.3 is 0 Å². The number of anilines is 1. The third-order valence-corrected chi connectivity index (χ3v) is 3.55. The lowest BCUT2D eigenvalue weighted by atomic mass is 10.2. The Hall–Kier alpha value is -1.73. The van der Waals surface area contributed by atoms with E-state index in [2.05, 4.69) is 20.8 Å². The minimum absolute atomic E-state index is 0.0297. The standard InChI is InChI=1S/C12H12ClFN4OS/c1-2-15-12-18-17-11(20-12)10(19)16-6-7-3-4-9(14)8(13)5-7/h3-5H,2,6H2,1H3,(H,15,18)(H,16,19). The topological polar surface area (TPSA) is 66.9 Å². The van der Waals surface area contributed by atoms with Gasteiger partial charge in [-0.15, -0.1) is 10.2 Å². The molecule has 2 N–H and O–H groups in total. The molecule has 8 heteroatoms. The van der Waals surface area contributed by atoms with E-state index in [1.54, 1.807) is 6.07 Å². The Labute approximate surface area is 124 Å². The molecule has 0 spiro atoms. The fourth-order valence-corrected chi connectivity index (χ4v) is 2.38. The van der Waals surface area contributed by atoms with E-state index in [4.69, 9.17) is 11.6 Å². The number of carbonyl (C=O) groups is 1. The maximum Gasteiger partial charge on any atom is 0.282 e. The summed E-state index contributed by atoms with van der Waals surface area (Å²) >= 11 is 6.84. The number of carbonyl (C=O) groups excluding carboxylic acids is 1. The number of hydrogen-bond donors (Lipinski definition) is 2. The van der Waals surface area contributed by atoms with Gasteiger partial charge in [0.2, 0.25) is 10.1 Å². The molecule has 0 aliphatic heterocycles. The number of nitrogens with zero attached hydrogens (tertiary/aromatic N) is 2. The summed E-state index contributed by atoms with van der Waals surface area (Å²) in [6, 6.07) is 4.30. The van der Waals surface area contributed by atoms with Crippen molar-refractivity contribution in [1.29, 1.82) is 0 Å². The van der Waals surface area contributed by atoms with Gasteiger partial charge in [0.25, 0.3) is 5.91 Å². The zero-order chi connectivity index (χ0) is 14.5. The highest BCUT2D eigenvalue weighted by atomic mass is 35.5. The van der Waals surface area contributed by atoms with E-state index in [1.807, 2.05) is 6.92 Å². The molecule has 0 aliphatic rings. The van der Waals surface area contributed by atoms with Crippen molar-refractivity contribution in [1.82, 2.24) is 15.5 Å².